The van der Waals surface area contributed by atoms with Crippen LogP contribution in [0.15, 0.2) is 24.3 Å². The van der Waals surface area contributed by atoms with Gasteiger partial charge in [-0.1, -0.05) is 39.0 Å². The molecule has 3 rings (SSSR count). The molecule has 1 N–H and O–H groups in total. The predicted octanol–water partition coefficient (Wildman–Crippen LogP) is 3.84. The molecule has 1 aliphatic rings. The van der Waals surface area contributed by atoms with Crippen molar-refractivity contribution in [1.82, 2.24) is 0 Å². The van der Waals surface area contributed by atoms with E-state index in [9.17, 15) is 5.11 Å². The van der Waals surface area contributed by atoms with Crippen LogP contribution in [0.3, 0.4) is 0 Å². The van der Waals surface area contributed by atoms with Gasteiger partial charge in [0.2, 0.25) is 0 Å². The zero-order valence-corrected chi connectivity index (χ0v) is 12.1. The van der Waals surface area contributed by atoms with Crippen molar-refractivity contribution < 1.29 is 5.11 Å². The Morgan fingerprint density at radius 2 is 1.84 bits per heavy atom. The Kier molecular flexibility index (Phi) is 2.53. The molecule has 0 spiro atoms. The summed E-state index contributed by atoms with van der Waals surface area (Å²) in [6, 6.07) is 8.35. The fraction of sp³-hybridized carbons (Fsp3) is 0.412. The van der Waals surface area contributed by atoms with Crippen LogP contribution in [0.25, 0.3) is 10.8 Å². The summed E-state index contributed by atoms with van der Waals surface area (Å²) in [6.07, 6.45) is 1.07. The van der Waals surface area contributed by atoms with Gasteiger partial charge in [-0.15, -0.1) is 0 Å². The lowest BCUT2D eigenvalue weighted by Crippen LogP contribution is -2.12. The van der Waals surface area contributed by atoms with Gasteiger partial charge in [0.05, 0.1) is 0 Å². The Bertz CT molecular complexity index is 652. The van der Waals surface area contributed by atoms with Crippen LogP contribution in [0.4, 0.5) is 5.69 Å². The summed E-state index contributed by atoms with van der Waals surface area (Å²) < 4.78 is 0. The number of phenolic OH excluding ortho intramolecular Hbond substituents is 1. The summed E-state index contributed by atoms with van der Waals surface area (Å²) in [4.78, 5) is 2.22. The molecule has 19 heavy (non-hydrogen) atoms. The first kappa shape index (κ1) is 12.3. The maximum atomic E-state index is 10.2. The topological polar surface area (TPSA) is 23.5 Å². The first-order valence-electron chi connectivity index (χ1n) is 6.88. The van der Waals surface area contributed by atoms with E-state index >= 15 is 0 Å². The smallest absolute Gasteiger partial charge is 0.125 e. The Balaban J connectivity index is 2.33. The summed E-state index contributed by atoms with van der Waals surface area (Å²) in [7, 11) is 2.09. The molecule has 0 unspecified atom stereocenters. The van der Waals surface area contributed by atoms with Gasteiger partial charge in [0.1, 0.15) is 5.75 Å². The van der Waals surface area contributed by atoms with Crippen LogP contribution in [0.1, 0.15) is 31.9 Å². The molecule has 1 aliphatic heterocycles. The fourth-order valence-electron chi connectivity index (χ4n) is 2.92. The molecule has 2 aromatic carbocycles. The van der Waals surface area contributed by atoms with Crippen LogP contribution in [-0.2, 0) is 11.8 Å². The first-order valence-corrected chi connectivity index (χ1v) is 6.88. The van der Waals surface area contributed by atoms with Gasteiger partial charge in [0, 0.05) is 30.7 Å². The molecule has 0 bridgehead atoms. The van der Waals surface area contributed by atoms with Gasteiger partial charge in [-0.3, -0.25) is 0 Å². The van der Waals surface area contributed by atoms with Gasteiger partial charge in [-0.2, -0.15) is 0 Å². The quantitative estimate of drug-likeness (QED) is 0.773. The molecule has 100 valence electrons. The molecule has 1 heterocycles. The van der Waals surface area contributed by atoms with Crippen molar-refractivity contribution >= 4 is 16.5 Å². The minimum absolute atomic E-state index is 0.136. The van der Waals surface area contributed by atoms with Crippen molar-refractivity contribution in [2.24, 2.45) is 0 Å². The van der Waals surface area contributed by atoms with E-state index in [0.717, 1.165) is 18.4 Å². The standard InChI is InChI=1S/C17H21NO/c1-17(2,3)11-5-6-13-14(9-11)12-7-8-18(4)15(12)10-16(13)19/h5-6,9-10,19H,7-8H2,1-4H3. The van der Waals surface area contributed by atoms with Gasteiger partial charge in [-0.05, 0) is 28.3 Å². The highest BCUT2D eigenvalue weighted by Crippen LogP contribution is 2.40. The van der Waals surface area contributed by atoms with Crippen LogP contribution in [0, 0.1) is 0 Å². The number of hydrogen-bond acceptors (Lipinski definition) is 2. The van der Waals surface area contributed by atoms with Crippen LogP contribution in [0.2, 0.25) is 0 Å². The van der Waals surface area contributed by atoms with Crippen LogP contribution >= 0.6 is 0 Å². The van der Waals surface area contributed by atoms with Crippen molar-refractivity contribution in [3.63, 3.8) is 0 Å². The van der Waals surface area contributed by atoms with Crippen LogP contribution in [0.5, 0.6) is 5.75 Å². The average Bonchev–Trinajstić information content (AvgIpc) is 2.70. The van der Waals surface area contributed by atoms with Crippen molar-refractivity contribution in [3.8, 4) is 5.75 Å². The van der Waals surface area contributed by atoms with Gasteiger partial charge in [-0.25, -0.2) is 0 Å². The number of benzene rings is 2. The second-order valence-corrected chi connectivity index (χ2v) is 6.58. The summed E-state index contributed by atoms with van der Waals surface area (Å²) in [5.41, 5.74) is 4.01. The summed E-state index contributed by atoms with van der Waals surface area (Å²) in [6.45, 7) is 7.71. The zero-order valence-electron chi connectivity index (χ0n) is 12.1. The lowest BCUT2D eigenvalue weighted by Gasteiger charge is -2.21. The summed E-state index contributed by atoms with van der Waals surface area (Å²) in [5.74, 6) is 0.392. The lowest BCUT2D eigenvalue weighted by atomic mass is 9.85. The molecule has 0 aromatic heterocycles. The Hall–Kier alpha value is -1.70. The van der Waals surface area contributed by atoms with E-state index in [1.54, 1.807) is 0 Å². The number of anilines is 1. The van der Waals surface area contributed by atoms with Gasteiger partial charge >= 0.3 is 0 Å². The van der Waals surface area contributed by atoms with Gasteiger partial charge < -0.3 is 10.0 Å². The predicted molar refractivity (Wildman–Crippen MR) is 81.3 cm³/mol. The average molecular weight is 255 g/mol. The molecular weight excluding hydrogens is 234 g/mol. The molecule has 0 aliphatic carbocycles. The molecule has 0 radical (unpaired) electrons. The SMILES string of the molecule is CN1CCc2c1cc(O)c1ccc(C(C)(C)C)cc21. The molecule has 0 fully saturated rings. The van der Waals surface area contributed by atoms with E-state index in [1.807, 2.05) is 6.07 Å². The Morgan fingerprint density at radius 3 is 2.53 bits per heavy atom. The van der Waals surface area contributed by atoms with E-state index in [4.69, 9.17) is 0 Å². The largest absolute Gasteiger partial charge is 0.507 e. The second-order valence-electron chi connectivity index (χ2n) is 6.58. The van der Waals surface area contributed by atoms with Gasteiger partial charge in [0.25, 0.3) is 0 Å². The highest BCUT2D eigenvalue weighted by atomic mass is 16.3. The summed E-state index contributed by atoms with van der Waals surface area (Å²) >= 11 is 0. The van der Waals surface area contributed by atoms with E-state index < -0.39 is 0 Å². The Labute approximate surface area is 114 Å². The van der Waals surface area contributed by atoms with E-state index in [1.165, 1.54) is 22.2 Å². The Morgan fingerprint density at radius 1 is 1.11 bits per heavy atom. The number of fused-ring (bicyclic) bond motifs is 3. The molecule has 2 aromatic rings. The highest BCUT2D eigenvalue weighted by Gasteiger charge is 2.22. The molecule has 0 saturated heterocycles. The minimum atomic E-state index is 0.136. The molecule has 0 amide bonds. The number of aromatic hydroxyl groups is 1. The number of nitrogens with zero attached hydrogens (tertiary/aromatic N) is 1. The number of rotatable bonds is 0. The third kappa shape index (κ3) is 1.86. The molecule has 2 nitrogen and oxygen atoms in total. The van der Waals surface area contributed by atoms with Crippen LogP contribution in [-0.4, -0.2) is 18.7 Å². The normalized spacial score (nSPS) is 15.1. The van der Waals surface area contributed by atoms with Crippen molar-refractivity contribution in [3.05, 3.63) is 35.4 Å². The second kappa shape index (κ2) is 3.89. The van der Waals surface area contributed by atoms with E-state index in [2.05, 4.69) is 50.9 Å². The molecule has 0 atom stereocenters. The van der Waals surface area contributed by atoms with Crippen molar-refractivity contribution in [2.75, 3.05) is 18.5 Å². The molecule has 2 heteroatoms. The lowest BCUT2D eigenvalue weighted by molar-refractivity contribution is 0.481. The molecule has 0 saturated carbocycles. The van der Waals surface area contributed by atoms with Gasteiger partial charge in [0.15, 0.2) is 0 Å². The van der Waals surface area contributed by atoms with E-state index in [0.29, 0.717) is 5.75 Å². The third-order valence-corrected chi connectivity index (χ3v) is 4.18. The van der Waals surface area contributed by atoms with Crippen molar-refractivity contribution in [1.29, 1.82) is 0 Å². The zero-order chi connectivity index (χ0) is 13.8. The van der Waals surface area contributed by atoms with Crippen molar-refractivity contribution in [2.45, 2.75) is 32.6 Å². The summed E-state index contributed by atoms with van der Waals surface area (Å²) in [5, 5.41) is 12.4. The number of phenols is 1. The molecular formula is C17H21NO. The van der Waals surface area contributed by atoms with E-state index in [-0.39, 0.29) is 5.41 Å². The number of hydrogen-bond donors (Lipinski definition) is 1. The monoisotopic (exact) mass is 255 g/mol. The minimum Gasteiger partial charge on any atom is -0.507 e. The maximum Gasteiger partial charge on any atom is 0.125 e. The van der Waals surface area contributed by atoms with Crippen LogP contribution < -0.4 is 4.90 Å². The first-order chi connectivity index (χ1) is 8.88. The maximum absolute atomic E-state index is 10.2. The number of likely N-dealkylation sites (N-methyl/N-ethyl adjacent to an activating group) is 1. The fourth-order valence-corrected chi connectivity index (χ4v) is 2.92. The third-order valence-electron chi connectivity index (χ3n) is 4.18. The highest BCUT2D eigenvalue weighted by molar-refractivity contribution is 5.96.